The number of sulfonamides is 1. The summed E-state index contributed by atoms with van der Waals surface area (Å²) in [4.78, 5) is 0.181. The van der Waals surface area contributed by atoms with Gasteiger partial charge in [-0.2, -0.15) is 4.31 Å². The molecule has 0 amide bonds. The molecule has 18 heavy (non-hydrogen) atoms. The van der Waals surface area contributed by atoms with E-state index in [2.05, 4.69) is 15.9 Å². The Balaban J connectivity index is 2.26. The van der Waals surface area contributed by atoms with Crippen LogP contribution in [0, 0.1) is 0 Å². The van der Waals surface area contributed by atoms with Crippen LogP contribution in [-0.4, -0.2) is 43.5 Å². The third kappa shape index (κ3) is 2.75. The van der Waals surface area contributed by atoms with Gasteiger partial charge in [0.1, 0.15) is 15.3 Å². The minimum atomic E-state index is -3.51. The molecule has 2 N–H and O–H groups in total. The Bertz CT molecular complexity index is 557. The lowest BCUT2D eigenvalue weighted by molar-refractivity contribution is 0.0387. The maximum absolute atomic E-state index is 12.4. The molecule has 2 rings (SSSR count). The van der Waals surface area contributed by atoms with Crippen molar-refractivity contribution in [1.29, 1.82) is 0 Å². The van der Waals surface area contributed by atoms with E-state index < -0.39 is 16.1 Å². The average Bonchev–Trinajstić information content (AvgIpc) is 2.76. The normalized spacial score (nSPS) is 21.9. The zero-order chi connectivity index (χ0) is 13.3. The first-order valence-corrected chi connectivity index (χ1v) is 8.59. The van der Waals surface area contributed by atoms with Gasteiger partial charge in [0, 0.05) is 17.6 Å². The maximum atomic E-state index is 12.4. The van der Waals surface area contributed by atoms with Crippen LogP contribution in [0.5, 0.6) is 0 Å². The van der Waals surface area contributed by atoms with Crippen molar-refractivity contribution in [3.8, 4) is 0 Å². The monoisotopic (exact) mass is 370 g/mol. The van der Waals surface area contributed by atoms with Gasteiger partial charge >= 0.3 is 0 Å². The van der Waals surface area contributed by atoms with Crippen LogP contribution >= 0.6 is 39.5 Å². The number of nitrogens with zero attached hydrogens (tertiary/aromatic N) is 1. The minimum Gasteiger partial charge on any atom is -0.391 e. The first kappa shape index (κ1) is 14.4. The minimum absolute atomic E-state index is 0.169. The molecular formula is C9H11BrN2O3S3. The van der Waals surface area contributed by atoms with Crippen molar-refractivity contribution in [3.05, 3.63) is 15.9 Å². The van der Waals surface area contributed by atoms with Gasteiger partial charge in [-0.1, -0.05) is 12.2 Å². The number of morpholine rings is 1. The van der Waals surface area contributed by atoms with E-state index in [0.717, 1.165) is 0 Å². The van der Waals surface area contributed by atoms with Crippen molar-refractivity contribution >= 4 is 54.5 Å². The fourth-order valence-electron chi connectivity index (χ4n) is 1.60. The fourth-order valence-corrected chi connectivity index (χ4v) is 5.61. The van der Waals surface area contributed by atoms with Crippen molar-refractivity contribution in [3.63, 3.8) is 0 Å². The maximum Gasteiger partial charge on any atom is 0.253 e. The van der Waals surface area contributed by atoms with Gasteiger partial charge in [0.25, 0.3) is 10.0 Å². The molecule has 0 spiro atoms. The molecule has 9 heteroatoms. The average molecular weight is 371 g/mol. The van der Waals surface area contributed by atoms with Gasteiger partial charge in [0.2, 0.25) is 0 Å². The zero-order valence-electron chi connectivity index (χ0n) is 9.21. The molecule has 0 aliphatic carbocycles. The largest absolute Gasteiger partial charge is 0.391 e. The van der Waals surface area contributed by atoms with Gasteiger partial charge in [-0.25, -0.2) is 8.42 Å². The van der Waals surface area contributed by atoms with E-state index in [1.807, 2.05) is 0 Å². The number of nitrogens with two attached hydrogens (primary N) is 1. The van der Waals surface area contributed by atoms with Gasteiger partial charge in [-0.3, -0.25) is 0 Å². The molecule has 0 aromatic carbocycles. The topological polar surface area (TPSA) is 72.6 Å². The number of hydrogen-bond acceptors (Lipinski definition) is 5. The molecule has 1 aliphatic rings. The molecule has 100 valence electrons. The highest BCUT2D eigenvalue weighted by molar-refractivity contribution is 9.10. The first-order valence-electron chi connectivity index (χ1n) is 5.07. The SMILES string of the molecule is NC(=S)C1CN(S(=O)(=O)c2sccc2Br)CCO1. The molecule has 1 fully saturated rings. The third-order valence-corrected chi connectivity index (χ3v) is 7.28. The van der Waals surface area contributed by atoms with Crippen LogP contribution in [0.1, 0.15) is 0 Å². The smallest absolute Gasteiger partial charge is 0.253 e. The van der Waals surface area contributed by atoms with Crippen LogP contribution in [0.4, 0.5) is 0 Å². The van der Waals surface area contributed by atoms with E-state index in [1.165, 1.54) is 15.6 Å². The van der Waals surface area contributed by atoms with Gasteiger partial charge in [-0.05, 0) is 27.4 Å². The van der Waals surface area contributed by atoms with Gasteiger partial charge in [0.15, 0.2) is 0 Å². The summed E-state index contributed by atoms with van der Waals surface area (Å²) in [6.07, 6.45) is -0.512. The second-order valence-electron chi connectivity index (χ2n) is 3.68. The van der Waals surface area contributed by atoms with Crippen LogP contribution in [-0.2, 0) is 14.8 Å². The Morgan fingerprint density at radius 3 is 2.94 bits per heavy atom. The van der Waals surface area contributed by atoms with Crippen molar-refractivity contribution in [1.82, 2.24) is 4.31 Å². The second-order valence-corrected chi connectivity index (χ2v) is 8.06. The summed E-state index contributed by atoms with van der Waals surface area (Å²) < 4.78 is 32.4. The molecule has 1 saturated heterocycles. The summed E-state index contributed by atoms with van der Waals surface area (Å²) in [6, 6.07) is 1.71. The highest BCUT2D eigenvalue weighted by Gasteiger charge is 2.33. The Kier molecular flexibility index (Phi) is 4.40. The van der Waals surface area contributed by atoms with Gasteiger partial charge in [-0.15, -0.1) is 11.3 Å². The molecule has 0 saturated carbocycles. The zero-order valence-corrected chi connectivity index (χ0v) is 13.2. The summed E-state index contributed by atoms with van der Waals surface area (Å²) >= 11 is 9.26. The quantitative estimate of drug-likeness (QED) is 0.808. The van der Waals surface area contributed by atoms with E-state index in [0.29, 0.717) is 21.8 Å². The lowest BCUT2D eigenvalue weighted by Crippen LogP contribution is -2.49. The number of thiocarbonyl (C=S) groups is 1. The predicted molar refractivity (Wildman–Crippen MR) is 77.3 cm³/mol. The summed E-state index contributed by atoms with van der Waals surface area (Å²) in [5.41, 5.74) is 5.50. The molecule has 1 atom stereocenters. The molecule has 0 bridgehead atoms. The lowest BCUT2D eigenvalue weighted by Gasteiger charge is -2.31. The molecule has 5 nitrogen and oxygen atoms in total. The molecular weight excluding hydrogens is 360 g/mol. The Morgan fingerprint density at radius 1 is 1.67 bits per heavy atom. The molecule has 0 radical (unpaired) electrons. The number of hydrogen-bond donors (Lipinski definition) is 1. The van der Waals surface area contributed by atoms with Gasteiger partial charge in [0.05, 0.1) is 6.61 Å². The lowest BCUT2D eigenvalue weighted by atomic mass is 10.3. The van der Waals surface area contributed by atoms with Crippen LogP contribution in [0.15, 0.2) is 20.1 Å². The van der Waals surface area contributed by atoms with Crippen LogP contribution in [0.3, 0.4) is 0 Å². The Morgan fingerprint density at radius 2 is 2.39 bits per heavy atom. The second kappa shape index (κ2) is 5.51. The van der Waals surface area contributed by atoms with Crippen LogP contribution in [0.2, 0.25) is 0 Å². The van der Waals surface area contributed by atoms with E-state index >= 15 is 0 Å². The van der Waals surface area contributed by atoms with Gasteiger partial charge < -0.3 is 10.5 Å². The Hall–Kier alpha value is -0.0600. The van der Waals surface area contributed by atoms with Crippen molar-refractivity contribution in [2.24, 2.45) is 5.73 Å². The fraction of sp³-hybridized carbons (Fsp3) is 0.444. The summed E-state index contributed by atoms with van der Waals surface area (Å²) in [5, 5.41) is 1.72. The van der Waals surface area contributed by atoms with Crippen molar-refractivity contribution in [2.75, 3.05) is 19.7 Å². The highest BCUT2D eigenvalue weighted by atomic mass is 79.9. The van der Waals surface area contributed by atoms with E-state index in [9.17, 15) is 8.42 Å². The first-order chi connectivity index (χ1) is 8.43. The van der Waals surface area contributed by atoms with E-state index in [1.54, 1.807) is 11.4 Å². The summed E-state index contributed by atoms with van der Waals surface area (Å²) in [7, 11) is -3.51. The van der Waals surface area contributed by atoms with E-state index in [4.69, 9.17) is 22.7 Å². The Labute approximate surface area is 123 Å². The summed E-state index contributed by atoms with van der Waals surface area (Å²) in [5.74, 6) is 0. The highest BCUT2D eigenvalue weighted by Crippen LogP contribution is 2.31. The molecule has 1 aromatic rings. The molecule has 2 heterocycles. The van der Waals surface area contributed by atoms with Crippen molar-refractivity contribution < 1.29 is 13.2 Å². The molecule has 1 aromatic heterocycles. The van der Waals surface area contributed by atoms with Crippen molar-refractivity contribution in [2.45, 2.75) is 10.3 Å². The van der Waals surface area contributed by atoms with E-state index in [-0.39, 0.29) is 11.5 Å². The number of halogens is 1. The number of rotatable bonds is 3. The summed E-state index contributed by atoms with van der Waals surface area (Å²) in [6.45, 7) is 0.776. The predicted octanol–water partition coefficient (Wildman–Crippen LogP) is 1.19. The molecule has 1 unspecified atom stereocenters. The molecule has 1 aliphatic heterocycles. The number of thiophene rings is 1. The third-order valence-electron chi connectivity index (χ3n) is 2.51. The number of ether oxygens (including phenoxy) is 1. The van der Waals surface area contributed by atoms with Crippen LogP contribution in [0.25, 0.3) is 0 Å². The standard InChI is InChI=1S/C9H11BrN2O3S3/c10-6-1-4-17-9(6)18(13,14)12-2-3-15-7(5-12)8(11)16/h1,4,7H,2-3,5H2,(H2,11,16). The van der Waals surface area contributed by atoms with Crippen LogP contribution < -0.4 is 5.73 Å².